The Kier molecular flexibility index (Phi) is 5.90. The Morgan fingerprint density at radius 2 is 1.96 bits per heavy atom. The molecule has 2 aromatic rings. The number of rotatable bonds is 5. The first-order valence-electron chi connectivity index (χ1n) is 8.26. The normalized spacial score (nSPS) is 16.5. The van der Waals surface area contributed by atoms with E-state index in [0.29, 0.717) is 26.3 Å². The van der Waals surface area contributed by atoms with Crippen molar-refractivity contribution in [3.05, 3.63) is 58.0 Å². The third kappa shape index (κ3) is 4.23. The van der Waals surface area contributed by atoms with Gasteiger partial charge in [-0.05, 0) is 31.2 Å². The van der Waals surface area contributed by atoms with Gasteiger partial charge in [0, 0.05) is 19.6 Å². The molecule has 1 aliphatic rings. The van der Waals surface area contributed by atoms with Crippen LogP contribution in [-0.4, -0.2) is 43.7 Å². The lowest BCUT2D eigenvalue weighted by molar-refractivity contribution is 0.0117. The van der Waals surface area contributed by atoms with Crippen LogP contribution in [0.25, 0.3) is 0 Å². The summed E-state index contributed by atoms with van der Waals surface area (Å²) in [6, 6.07) is 5.12. The summed E-state index contributed by atoms with van der Waals surface area (Å²) < 4.78 is 37.7. The number of hydrogen-bond acceptors (Lipinski definition) is 4. The molecule has 5 nitrogen and oxygen atoms in total. The number of ether oxygens (including phenoxy) is 1. The van der Waals surface area contributed by atoms with Crippen molar-refractivity contribution in [3.63, 3.8) is 0 Å². The molecular weight excluding hydrogens is 366 g/mol. The van der Waals surface area contributed by atoms with E-state index < -0.39 is 17.5 Å². The van der Waals surface area contributed by atoms with Crippen LogP contribution in [0.3, 0.4) is 0 Å². The second-order valence-electron chi connectivity index (χ2n) is 6.07. The van der Waals surface area contributed by atoms with Crippen molar-refractivity contribution in [2.24, 2.45) is 0 Å². The fourth-order valence-electron chi connectivity index (χ4n) is 2.91. The molecule has 0 aliphatic carbocycles. The molecule has 1 atom stereocenters. The van der Waals surface area contributed by atoms with Gasteiger partial charge in [-0.1, -0.05) is 11.6 Å². The Morgan fingerprint density at radius 1 is 1.27 bits per heavy atom. The molecule has 8 heteroatoms. The molecule has 0 saturated carbocycles. The van der Waals surface area contributed by atoms with E-state index in [2.05, 4.69) is 10.2 Å². The summed E-state index contributed by atoms with van der Waals surface area (Å²) in [4.78, 5) is 14.5. The zero-order chi connectivity index (χ0) is 18.7. The van der Waals surface area contributed by atoms with Crippen LogP contribution < -0.4 is 5.32 Å². The third-order valence-electron chi connectivity index (χ3n) is 4.29. The van der Waals surface area contributed by atoms with E-state index in [9.17, 15) is 13.6 Å². The first-order valence-corrected chi connectivity index (χ1v) is 8.64. The number of amides is 1. The average Bonchev–Trinajstić information content (AvgIpc) is 3.05. The van der Waals surface area contributed by atoms with Crippen molar-refractivity contribution < 1.29 is 22.7 Å². The largest absolute Gasteiger partial charge is 0.465 e. The van der Waals surface area contributed by atoms with Crippen LogP contribution in [0.15, 0.2) is 28.7 Å². The highest BCUT2D eigenvalue weighted by molar-refractivity contribution is 6.33. The third-order valence-corrected chi connectivity index (χ3v) is 4.60. The lowest BCUT2D eigenvalue weighted by Crippen LogP contribution is -2.43. The minimum atomic E-state index is -1.12. The molecular formula is C18H19ClF2N2O3. The monoisotopic (exact) mass is 384 g/mol. The van der Waals surface area contributed by atoms with Gasteiger partial charge in [-0.25, -0.2) is 8.78 Å². The second-order valence-corrected chi connectivity index (χ2v) is 6.48. The Labute approximate surface area is 154 Å². The molecule has 140 valence electrons. The van der Waals surface area contributed by atoms with Crippen LogP contribution in [0, 0.1) is 18.6 Å². The zero-order valence-electron chi connectivity index (χ0n) is 14.2. The number of benzene rings is 1. The quantitative estimate of drug-likeness (QED) is 0.803. The van der Waals surface area contributed by atoms with Gasteiger partial charge in [-0.3, -0.25) is 9.69 Å². The maximum Gasteiger partial charge on any atom is 0.252 e. The number of morpholine rings is 1. The van der Waals surface area contributed by atoms with Crippen LogP contribution in [0.4, 0.5) is 8.78 Å². The van der Waals surface area contributed by atoms with Crippen molar-refractivity contribution in [1.82, 2.24) is 10.2 Å². The van der Waals surface area contributed by atoms with Gasteiger partial charge in [-0.15, -0.1) is 0 Å². The van der Waals surface area contributed by atoms with E-state index in [1.807, 2.05) is 19.1 Å². The molecule has 2 heterocycles. The number of carbonyl (C=O) groups is 1. The molecule has 1 aromatic carbocycles. The minimum absolute atomic E-state index is 0.109. The van der Waals surface area contributed by atoms with Crippen LogP contribution >= 0.6 is 11.6 Å². The first-order chi connectivity index (χ1) is 12.5. The maximum atomic E-state index is 13.4. The molecule has 1 aromatic heterocycles. The SMILES string of the molecule is Cc1ccc(C(CNC(=O)c2cc(F)c(F)cc2Cl)N2CCOCC2)o1. The number of hydrogen-bond donors (Lipinski definition) is 1. The summed E-state index contributed by atoms with van der Waals surface area (Å²) in [6.07, 6.45) is 0. The van der Waals surface area contributed by atoms with E-state index in [4.69, 9.17) is 20.8 Å². The van der Waals surface area contributed by atoms with Gasteiger partial charge >= 0.3 is 0 Å². The topological polar surface area (TPSA) is 54.7 Å². The molecule has 1 aliphatic heterocycles. The molecule has 0 bridgehead atoms. The Bertz CT molecular complexity index is 791. The molecule has 3 rings (SSSR count). The van der Waals surface area contributed by atoms with Crippen molar-refractivity contribution in [1.29, 1.82) is 0 Å². The van der Waals surface area contributed by atoms with Crippen LogP contribution in [0.1, 0.15) is 27.9 Å². The average molecular weight is 385 g/mol. The van der Waals surface area contributed by atoms with Gasteiger partial charge in [0.25, 0.3) is 5.91 Å². The van der Waals surface area contributed by atoms with Crippen molar-refractivity contribution in [2.75, 3.05) is 32.8 Å². The van der Waals surface area contributed by atoms with Gasteiger partial charge < -0.3 is 14.5 Å². The molecule has 1 amide bonds. The van der Waals surface area contributed by atoms with Gasteiger partial charge in [0.1, 0.15) is 11.5 Å². The smallest absolute Gasteiger partial charge is 0.252 e. The highest BCUT2D eigenvalue weighted by atomic mass is 35.5. The van der Waals surface area contributed by atoms with Crippen molar-refractivity contribution in [3.8, 4) is 0 Å². The molecule has 26 heavy (non-hydrogen) atoms. The minimum Gasteiger partial charge on any atom is -0.465 e. The van der Waals surface area contributed by atoms with Gasteiger partial charge in [-0.2, -0.15) is 0 Å². The molecule has 0 radical (unpaired) electrons. The maximum absolute atomic E-state index is 13.4. The number of nitrogens with one attached hydrogen (secondary N) is 1. The predicted molar refractivity (Wildman–Crippen MR) is 92.3 cm³/mol. The Balaban J connectivity index is 1.75. The van der Waals surface area contributed by atoms with E-state index in [1.54, 1.807) is 0 Å². The summed E-state index contributed by atoms with van der Waals surface area (Å²) in [7, 11) is 0. The molecule has 1 N–H and O–H groups in total. The van der Waals surface area contributed by atoms with E-state index >= 15 is 0 Å². The van der Waals surface area contributed by atoms with Crippen molar-refractivity contribution >= 4 is 17.5 Å². The number of aryl methyl sites for hydroxylation is 1. The van der Waals surface area contributed by atoms with Crippen molar-refractivity contribution in [2.45, 2.75) is 13.0 Å². The number of halogens is 3. The number of nitrogens with zero attached hydrogens (tertiary/aromatic N) is 1. The Hall–Kier alpha value is -1.96. The predicted octanol–water partition coefficient (Wildman–Crippen LogP) is 3.32. The van der Waals surface area contributed by atoms with E-state index in [1.165, 1.54) is 0 Å². The summed E-state index contributed by atoms with van der Waals surface area (Å²) in [5, 5.41) is 2.60. The van der Waals surface area contributed by atoms with Crippen LogP contribution in [-0.2, 0) is 4.74 Å². The van der Waals surface area contributed by atoms with Crippen LogP contribution in [0.5, 0.6) is 0 Å². The second kappa shape index (κ2) is 8.16. The molecule has 1 unspecified atom stereocenters. The lowest BCUT2D eigenvalue weighted by atomic mass is 10.1. The highest BCUT2D eigenvalue weighted by Gasteiger charge is 2.26. The standard InChI is InChI=1S/C18H19ClF2N2O3/c1-11-2-3-17(26-11)16(23-4-6-25-7-5-23)10-22-18(24)12-8-14(20)15(21)9-13(12)19/h2-3,8-9,16H,4-7,10H2,1H3,(H,22,24). The number of furan rings is 1. The summed E-state index contributed by atoms with van der Waals surface area (Å²) in [6.45, 7) is 4.68. The van der Waals surface area contributed by atoms with Gasteiger partial charge in [0.2, 0.25) is 0 Å². The van der Waals surface area contributed by atoms with Gasteiger partial charge in [0.15, 0.2) is 11.6 Å². The summed E-state index contributed by atoms with van der Waals surface area (Å²) >= 11 is 5.87. The van der Waals surface area contributed by atoms with E-state index in [-0.39, 0.29) is 23.2 Å². The van der Waals surface area contributed by atoms with E-state index in [0.717, 1.165) is 23.7 Å². The van der Waals surface area contributed by atoms with Gasteiger partial charge in [0.05, 0.1) is 29.8 Å². The molecule has 1 fully saturated rings. The first kappa shape index (κ1) is 18.8. The molecule has 1 saturated heterocycles. The highest BCUT2D eigenvalue weighted by Crippen LogP contribution is 2.24. The summed E-state index contributed by atoms with van der Waals surface area (Å²) in [5.41, 5.74) is -0.109. The van der Waals surface area contributed by atoms with Crippen LogP contribution in [0.2, 0.25) is 5.02 Å². The fourth-order valence-corrected chi connectivity index (χ4v) is 3.15. The Morgan fingerprint density at radius 3 is 2.62 bits per heavy atom. The zero-order valence-corrected chi connectivity index (χ0v) is 15.0. The fraction of sp³-hybridized carbons (Fsp3) is 0.389. The lowest BCUT2D eigenvalue weighted by Gasteiger charge is -2.33. The number of carbonyl (C=O) groups excluding carboxylic acids is 1. The molecule has 0 spiro atoms. The summed E-state index contributed by atoms with van der Waals surface area (Å²) in [5.74, 6) is -1.29.